The van der Waals surface area contributed by atoms with Gasteiger partial charge in [-0.05, 0) is 25.0 Å². The first kappa shape index (κ1) is 12.1. The molecule has 0 spiro atoms. The molecule has 0 heterocycles. The van der Waals surface area contributed by atoms with Gasteiger partial charge in [-0.3, -0.25) is 4.79 Å². The minimum atomic E-state index is -0.108. The van der Waals surface area contributed by atoms with Gasteiger partial charge in [0, 0.05) is 16.1 Å². The van der Waals surface area contributed by atoms with Crippen molar-refractivity contribution in [1.29, 1.82) is 5.26 Å². The smallest absolute Gasteiger partial charge is 0.176 e. The van der Waals surface area contributed by atoms with Gasteiger partial charge in [0.1, 0.15) is 0 Å². The van der Waals surface area contributed by atoms with Crippen molar-refractivity contribution in [2.75, 3.05) is 6.54 Å². The number of nitriles is 1. The van der Waals surface area contributed by atoms with Crippen LogP contribution in [0.4, 0.5) is 0 Å². The van der Waals surface area contributed by atoms with E-state index in [1.54, 1.807) is 24.3 Å². The third-order valence-corrected chi connectivity index (χ3v) is 3.28. The molecule has 4 heteroatoms. The highest BCUT2D eigenvalue weighted by atomic mass is 35.5. The molecule has 0 aromatic heterocycles. The molecule has 0 saturated heterocycles. The van der Waals surface area contributed by atoms with Crippen molar-refractivity contribution in [3.8, 4) is 6.07 Å². The van der Waals surface area contributed by atoms with Crippen molar-refractivity contribution in [3.05, 3.63) is 34.9 Å². The average molecular weight is 249 g/mol. The summed E-state index contributed by atoms with van der Waals surface area (Å²) in [6.45, 7) is 0.266. The number of rotatable bonds is 5. The maximum absolute atomic E-state index is 11.9. The molecule has 88 valence electrons. The standard InChI is InChI=1S/C13H13ClN2O/c14-11-3-1-2-10(8-11)12(17)9-16-13(4-5-13)6-7-15/h1-3,8,16H,4-6,9H2. The highest BCUT2D eigenvalue weighted by Crippen LogP contribution is 2.38. The van der Waals surface area contributed by atoms with Crippen LogP contribution in [-0.2, 0) is 0 Å². The molecule has 1 fully saturated rings. The topological polar surface area (TPSA) is 52.9 Å². The van der Waals surface area contributed by atoms with Crippen LogP contribution in [0.15, 0.2) is 24.3 Å². The Balaban J connectivity index is 1.92. The Morgan fingerprint density at radius 2 is 2.29 bits per heavy atom. The summed E-state index contributed by atoms with van der Waals surface area (Å²) in [6, 6.07) is 9.06. The van der Waals surface area contributed by atoms with Crippen molar-refractivity contribution >= 4 is 17.4 Å². The van der Waals surface area contributed by atoms with Crippen LogP contribution in [0.1, 0.15) is 29.6 Å². The summed E-state index contributed by atoms with van der Waals surface area (Å²) in [5.74, 6) is 0.0108. The number of nitrogens with zero attached hydrogens (tertiary/aromatic N) is 1. The fourth-order valence-corrected chi connectivity index (χ4v) is 1.94. The Bertz CT molecular complexity index is 475. The fourth-order valence-electron chi connectivity index (χ4n) is 1.75. The maximum atomic E-state index is 11.9. The second-order valence-corrected chi connectivity index (χ2v) is 4.84. The minimum absolute atomic E-state index is 0.0108. The van der Waals surface area contributed by atoms with Gasteiger partial charge in [0.05, 0.1) is 19.0 Å². The maximum Gasteiger partial charge on any atom is 0.176 e. The Morgan fingerprint density at radius 1 is 1.53 bits per heavy atom. The fraction of sp³-hybridized carbons (Fsp3) is 0.385. The van der Waals surface area contributed by atoms with E-state index >= 15 is 0 Å². The second kappa shape index (κ2) is 4.87. The van der Waals surface area contributed by atoms with Gasteiger partial charge in [-0.15, -0.1) is 0 Å². The summed E-state index contributed by atoms with van der Waals surface area (Å²) in [5.41, 5.74) is 0.501. The van der Waals surface area contributed by atoms with Crippen molar-refractivity contribution < 1.29 is 4.79 Å². The molecule has 0 radical (unpaired) electrons. The molecule has 1 aromatic carbocycles. The molecular formula is C13H13ClN2O. The molecule has 1 saturated carbocycles. The Labute approximate surface area is 105 Å². The van der Waals surface area contributed by atoms with Crippen molar-refractivity contribution in [1.82, 2.24) is 5.32 Å². The van der Waals surface area contributed by atoms with E-state index < -0.39 is 0 Å². The van der Waals surface area contributed by atoms with Gasteiger partial charge >= 0.3 is 0 Å². The normalized spacial score (nSPS) is 16.2. The van der Waals surface area contributed by atoms with Crippen molar-refractivity contribution in [2.24, 2.45) is 0 Å². The molecule has 3 nitrogen and oxygen atoms in total. The van der Waals surface area contributed by atoms with Crippen molar-refractivity contribution in [2.45, 2.75) is 24.8 Å². The van der Waals surface area contributed by atoms with E-state index in [0.29, 0.717) is 17.0 Å². The Hall–Kier alpha value is -1.37. The average Bonchev–Trinajstić information content (AvgIpc) is 3.07. The molecule has 17 heavy (non-hydrogen) atoms. The first-order chi connectivity index (χ1) is 8.15. The van der Waals surface area contributed by atoms with E-state index in [1.165, 1.54) is 0 Å². The van der Waals surface area contributed by atoms with E-state index in [9.17, 15) is 4.79 Å². The summed E-state index contributed by atoms with van der Waals surface area (Å²) in [6.07, 6.45) is 2.42. The first-order valence-electron chi connectivity index (χ1n) is 5.56. The van der Waals surface area contributed by atoms with E-state index in [2.05, 4.69) is 11.4 Å². The van der Waals surface area contributed by atoms with Gasteiger partial charge in [0.2, 0.25) is 0 Å². The zero-order chi connectivity index (χ0) is 12.3. The van der Waals surface area contributed by atoms with E-state index in [-0.39, 0.29) is 17.9 Å². The molecule has 2 rings (SSSR count). The van der Waals surface area contributed by atoms with Gasteiger partial charge in [-0.25, -0.2) is 0 Å². The van der Waals surface area contributed by atoms with Crippen LogP contribution in [0.5, 0.6) is 0 Å². The summed E-state index contributed by atoms with van der Waals surface area (Å²) >= 11 is 5.83. The van der Waals surface area contributed by atoms with Crippen LogP contribution >= 0.6 is 11.6 Å². The molecule has 0 bridgehead atoms. The number of carbonyl (C=O) groups is 1. The quantitative estimate of drug-likeness (QED) is 0.815. The van der Waals surface area contributed by atoms with Crippen LogP contribution in [-0.4, -0.2) is 17.9 Å². The molecule has 1 aliphatic carbocycles. The molecule has 0 aliphatic heterocycles. The number of hydrogen-bond donors (Lipinski definition) is 1. The van der Waals surface area contributed by atoms with Gasteiger partial charge in [0.25, 0.3) is 0 Å². The first-order valence-corrected chi connectivity index (χ1v) is 5.94. The summed E-state index contributed by atoms with van der Waals surface area (Å²) < 4.78 is 0. The minimum Gasteiger partial charge on any atom is -0.303 e. The monoisotopic (exact) mass is 248 g/mol. The molecule has 0 atom stereocenters. The lowest BCUT2D eigenvalue weighted by atomic mass is 10.1. The van der Waals surface area contributed by atoms with Crippen LogP contribution in [0.3, 0.4) is 0 Å². The molecule has 1 N–H and O–H groups in total. The number of benzene rings is 1. The zero-order valence-electron chi connectivity index (χ0n) is 9.37. The van der Waals surface area contributed by atoms with Crippen LogP contribution in [0, 0.1) is 11.3 Å². The van der Waals surface area contributed by atoms with Gasteiger partial charge in [-0.1, -0.05) is 23.7 Å². The predicted octanol–water partition coefficient (Wildman–Crippen LogP) is 2.56. The lowest BCUT2D eigenvalue weighted by Gasteiger charge is -2.12. The number of hydrogen-bond acceptors (Lipinski definition) is 3. The molecule has 1 aromatic rings. The lowest BCUT2D eigenvalue weighted by Crippen LogP contribution is -2.35. The van der Waals surface area contributed by atoms with Crippen LogP contribution in [0.25, 0.3) is 0 Å². The van der Waals surface area contributed by atoms with Crippen LogP contribution in [0.2, 0.25) is 5.02 Å². The lowest BCUT2D eigenvalue weighted by molar-refractivity contribution is 0.0985. The number of halogens is 1. The third kappa shape index (κ3) is 3.06. The Morgan fingerprint density at radius 3 is 2.88 bits per heavy atom. The molecule has 0 amide bonds. The van der Waals surface area contributed by atoms with Crippen molar-refractivity contribution in [3.63, 3.8) is 0 Å². The second-order valence-electron chi connectivity index (χ2n) is 4.40. The highest BCUT2D eigenvalue weighted by molar-refractivity contribution is 6.31. The van der Waals surface area contributed by atoms with Gasteiger partial charge in [0.15, 0.2) is 5.78 Å². The highest BCUT2D eigenvalue weighted by Gasteiger charge is 2.42. The van der Waals surface area contributed by atoms with E-state index in [0.717, 1.165) is 12.8 Å². The number of Topliss-reactive ketones (excluding diaryl/α,β-unsaturated/α-hetero) is 1. The molecule has 0 unspecified atom stereocenters. The molecule has 1 aliphatic rings. The van der Waals surface area contributed by atoms with Crippen LogP contribution < -0.4 is 5.32 Å². The predicted molar refractivity (Wildman–Crippen MR) is 66.0 cm³/mol. The van der Waals surface area contributed by atoms with E-state index in [4.69, 9.17) is 16.9 Å². The summed E-state index contributed by atoms with van der Waals surface area (Å²) in [7, 11) is 0. The van der Waals surface area contributed by atoms with Gasteiger partial charge < -0.3 is 5.32 Å². The summed E-state index contributed by atoms with van der Waals surface area (Å²) in [4.78, 5) is 11.9. The number of nitrogens with one attached hydrogen (secondary N) is 1. The number of ketones is 1. The SMILES string of the molecule is N#CCC1(NCC(=O)c2cccc(Cl)c2)CC1. The summed E-state index contributed by atoms with van der Waals surface area (Å²) in [5, 5.41) is 12.4. The largest absolute Gasteiger partial charge is 0.303 e. The van der Waals surface area contributed by atoms with E-state index in [1.807, 2.05) is 0 Å². The molecular weight excluding hydrogens is 236 g/mol. The van der Waals surface area contributed by atoms with Gasteiger partial charge in [-0.2, -0.15) is 5.26 Å². The Kier molecular flexibility index (Phi) is 3.46. The third-order valence-electron chi connectivity index (χ3n) is 3.04. The number of carbonyl (C=O) groups excluding carboxylic acids is 1. The zero-order valence-corrected chi connectivity index (χ0v) is 10.1.